The molecule has 2 rings (SSSR count). The van der Waals surface area contributed by atoms with E-state index >= 15 is 0 Å². The summed E-state index contributed by atoms with van der Waals surface area (Å²) >= 11 is 0. The molecular weight excluding hydrogens is 254 g/mol. The molecule has 0 amide bonds. The Morgan fingerprint density at radius 1 is 1.25 bits per heavy atom. The van der Waals surface area contributed by atoms with Crippen molar-refractivity contribution < 1.29 is 9.26 Å². The summed E-state index contributed by atoms with van der Waals surface area (Å²) in [7, 11) is 1.94. The Balaban J connectivity index is 2.00. The minimum Gasteiger partial charge on any atom is -0.494 e. The van der Waals surface area contributed by atoms with E-state index in [0.29, 0.717) is 19.2 Å². The van der Waals surface area contributed by atoms with Gasteiger partial charge in [-0.2, -0.15) is 4.98 Å². The van der Waals surface area contributed by atoms with Gasteiger partial charge in [0.15, 0.2) is 5.82 Å². The highest BCUT2D eigenvalue weighted by Crippen LogP contribution is 2.18. The van der Waals surface area contributed by atoms with Crippen molar-refractivity contribution in [1.29, 1.82) is 0 Å². The van der Waals surface area contributed by atoms with Crippen LogP contribution in [0.5, 0.6) is 5.75 Å². The fourth-order valence-electron chi connectivity index (χ4n) is 1.82. The van der Waals surface area contributed by atoms with E-state index in [1.807, 2.05) is 57.0 Å². The van der Waals surface area contributed by atoms with E-state index in [-0.39, 0.29) is 5.92 Å². The summed E-state index contributed by atoms with van der Waals surface area (Å²) in [6.07, 6.45) is 0. The zero-order chi connectivity index (χ0) is 14.5. The lowest BCUT2D eigenvalue weighted by Gasteiger charge is -2.14. The van der Waals surface area contributed by atoms with Crippen LogP contribution >= 0.6 is 0 Å². The molecule has 20 heavy (non-hydrogen) atoms. The maximum absolute atomic E-state index is 5.43. The van der Waals surface area contributed by atoms with Gasteiger partial charge in [0.1, 0.15) is 5.75 Å². The number of benzene rings is 1. The summed E-state index contributed by atoms with van der Waals surface area (Å²) in [4.78, 5) is 6.32. The molecule has 0 atom stereocenters. The fourth-order valence-corrected chi connectivity index (χ4v) is 1.82. The molecule has 2 aromatic rings. The van der Waals surface area contributed by atoms with Gasteiger partial charge in [-0.3, -0.25) is 0 Å². The molecule has 0 saturated heterocycles. The Labute approximate surface area is 119 Å². The van der Waals surface area contributed by atoms with Crippen molar-refractivity contribution in [1.82, 2.24) is 10.1 Å². The quantitative estimate of drug-likeness (QED) is 0.810. The van der Waals surface area contributed by atoms with Crippen LogP contribution in [0.3, 0.4) is 0 Å². The van der Waals surface area contributed by atoms with Crippen LogP contribution in [0.25, 0.3) is 0 Å². The highest BCUT2D eigenvalue weighted by molar-refractivity contribution is 5.31. The SMILES string of the molecule is CCOc1ccc(CN(C)c2nc(C(C)C)no2)cc1. The van der Waals surface area contributed by atoms with E-state index in [1.54, 1.807) is 0 Å². The molecule has 0 bridgehead atoms. The van der Waals surface area contributed by atoms with Crippen LogP contribution in [0.2, 0.25) is 0 Å². The minimum absolute atomic E-state index is 0.270. The third-order valence-corrected chi connectivity index (χ3v) is 2.93. The molecule has 0 spiro atoms. The maximum atomic E-state index is 5.43. The lowest BCUT2D eigenvalue weighted by molar-refractivity contribution is 0.340. The molecule has 0 unspecified atom stereocenters. The number of aromatic nitrogens is 2. The summed E-state index contributed by atoms with van der Waals surface area (Å²) < 4.78 is 10.7. The highest BCUT2D eigenvalue weighted by Gasteiger charge is 2.13. The van der Waals surface area contributed by atoms with E-state index in [2.05, 4.69) is 10.1 Å². The smallest absolute Gasteiger partial charge is 0.324 e. The molecule has 0 saturated carbocycles. The van der Waals surface area contributed by atoms with Crippen molar-refractivity contribution in [2.75, 3.05) is 18.6 Å². The summed E-state index contributed by atoms with van der Waals surface area (Å²) in [5.74, 6) is 1.89. The molecule has 108 valence electrons. The molecule has 0 radical (unpaired) electrons. The number of nitrogens with zero attached hydrogens (tertiary/aromatic N) is 3. The largest absolute Gasteiger partial charge is 0.494 e. The predicted octanol–water partition coefficient (Wildman–Crippen LogP) is 3.23. The van der Waals surface area contributed by atoms with Crippen LogP contribution in [0.15, 0.2) is 28.8 Å². The van der Waals surface area contributed by atoms with Gasteiger partial charge in [0.05, 0.1) is 6.61 Å². The lowest BCUT2D eigenvalue weighted by atomic mass is 10.2. The van der Waals surface area contributed by atoms with E-state index in [4.69, 9.17) is 9.26 Å². The first-order chi connectivity index (χ1) is 9.60. The second-order valence-corrected chi connectivity index (χ2v) is 5.02. The fraction of sp³-hybridized carbons (Fsp3) is 0.467. The molecule has 0 aliphatic rings. The molecule has 0 aliphatic carbocycles. The van der Waals surface area contributed by atoms with Gasteiger partial charge in [0, 0.05) is 19.5 Å². The molecular formula is C15H21N3O2. The maximum Gasteiger partial charge on any atom is 0.324 e. The highest BCUT2D eigenvalue weighted by atomic mass is 16.5. The van der Waals surface area contributed by atoms with Crippen LogP contribution in [0, 0.1) is 0 Å². The second-order valence-electron chi connectivity index (χ2n) is 5.02. The van der Waals surface area contributed by atoms with Crippen LogP contribution in [-0.4, -0.2) is 23.8 Å². The van der Waals surface area contributed by atoms with Crippen molar-refractivity contribution in [2.45, 2.75) is 33.2 Å². The summed E-state index contributed by atoms with van der Waals surface area (Å²) in [6.45, 7) is 7.46. The first-order valence-corrected chi connectivity index (χ1v) is 6.86. The van der Waals surface area contributed by atoms with Gasteiger partial charge in [-0.15, -0.1) is 0 Å². The van der Waals surface area contributed by atoms with Gasteiger partial charge in [0.2, 0.25) is 0 Å². The summed E-state index contributed by atoms with van der Waals surface area (Å²) in [5, 5.41) is 3.97. The van der Waals surface area contributed by atoms with Gasteiger partial charge in [-0.25, -0.2) is 0 Å². The number of hydrogen-bond acceptors (Lipinski definition) is 5. The molecule has 1 heterocycles. The van der Waals surface area contributed by atoms with Crippen LogP contribution < -0.4 is 9.64 Å². The molecule has 0 aliphatic heterocycles. The Morgan fingerprint density at radius 2 is 1.95 bits per heavy atom. The Bertz CT molecular complexity index is 534. The third kappa shape index (κ3) is 3.50. The van der Waals surface area contributed by atoms with Gasteiger partial charge in [0.25, 0.3) is 0 Å². The van der Waals surface area contributed by atoms with Crippen molar-refractivity contribution in [3.8, 4) is 5.75 Å². The normalized spacial score (nSPS) is 10.8. The molecule has 1 aromatic carbocycles. The van der Waals surface area contributed by atoms with Gasteiger partial charge >= 0.3 is 6.01 Å². The van der Waals surface area contributed by atoms with E-state index in [0.717, 1.165) is 11.6 Å². The van der Waals surface area contributed by atoms with Crippen molar-refractivity contribution >= 4 is 6.01 Å². The Hall–Kier alpha value is -2.04. The first kappa shape index (κ1) is 14.4. The summed E-state index contributed by atoms with van der Waals surface area (Å²) in [5.41, 5.74) is 1.17. The van der Waals surface area contributed by atoms with Crippen LogP contribution in [0.4, 0.5) is 6.01 Å². The molecule has 1 aromatic heterocycles. The van der Waals surface area contributed by atoms with E-state index < -0.39 is 0 Å². The van der Waals surface area contributed by atoms with E-state index in [1.165, 1.54) is 5.56 Å². The van der Waals surface area contributed by atoms with Gasteiger partial charge in [-0.1, -0.05) is 31.1 Å². The topological polar surface area (TPSA) is 51.4 Å². The van der Waals surface area contributed by atoms with Crippen LogP contribution in [0.1, 0.15) is 38.1 Å². The zero-order valence-electron chi connectivity index (χ0n) is 12.5. The van der Waals surface area contributed by atoms with Gasteiger partial charge in [-0.05, 0) is 24.6 Å². The molecule has 0 N–H and O–H groups in total. The summed E-state index contributed by atoms with van der Waals surface area (Å²) in [6, 6.07) is 8.57. The Kier molecular flexibility index (Phi) is 4.61. The zero-order valence-corrected chi connectivity index (χ0v) is 12.5. The van der Waals surface area contributed by atoms with Crippen molar-refractivity contribution in [3.63, 3.8) is 0 Å². The number of anilines is 1. The number of hydrogen-bond donors (Lipinski definition) is 0. The lowest BCUT2D eigenvalue weighted by Crippen LogP contribution is -2.16. The van der Waals surface area contributed by atoms with Gasteiger partial charge < -0.3 is 14.2 Å². The van der Waals surface area contributed by atoms with Crippen LogP contribution in [-0.2, 0) is 6.54 Å². The third-order valence-electron chi connectivity index (χ3n) is 2.93. The predicted molar refractivity (Wildman–Crippen MR) is 78.1 cm³/mol. The monoisotopic (exact) mass is 275 g/mol. The minimum atomic E-state index is 0.270. The number of rotatable bonds is 6. The average Bonchev–Trinajstić information content (AvgIpc) is 2.91. The molecule has 5 heteroatoms. The first-order valence-electron chi connectivity index (χ1n) is 6.86. The molecule has 5 nitrogen and oxygen atoms in total. The average molecular weight is 275 g/mol. The number of ether oxygens (including phenoxy) is 1. The second kappa shape index (κ2) is 6.41. The molecule has 0 fully saturated rings. The van der Waals surface area contributed by atoms with E-state index in [9.17, 15) is 0 Å². The Morgan fingerprint density at radius 3 is 2.50 bits per heavy atom. The van der Waals surface area contributed by atoms with Crippen molar-refractivity contribution in [2.24, 2.45) is 0 Å². The van der Waals surface area contributed by atoms with Crippen molar-refractivity contribution in [3.05, 3.63) is 35.7 Å². The standard InChI is InChI=1S/C15H21N3O2/c1-5-19-13-8-6-12(7-9-13)10-18(4)15-16-14(11(2)3)17-20-15/h6-9,11H,5,10H2,1-4H3.